The van der Waals surface area contributed by atoms with Gasteiger partial charge in [0.1, 0.15) is 5.75 Å². The average molecular weight is 324 g/mol. The largest absolute Gasteiger partial charge is 0.497 e. The summed E-state index contributed by atoms with van der Waals surface area (Å²) in [4.78, 5) is 16.6. The first-order valence-electron chi connectivity index (χ1n) is 8.37. The smallest absolute Gasteiger partial charge is 0.228 e. The molecule has 0 aromatic heterocycles. The molecule has 1 amide bonds. The molecule has 3 rings (SSSR count). The van der Waals surface area contributed by atoms with Crippen LogP contribution in [0.15, 0.2) is 48.5 Å². The molecular formula is C20H24N2O2. The Balaban J connectivity index is 1.53. The van der Waals surface area contributed by atoms with Gasteiger partial charge in [0.2, 0.25) is 5.91 Å². The summed E-state index contributed by atoms with van der Waals surface area (Å²) in [5.74, 6) is 1.07. The van der Waals surface area contributed by atoms with E-state index in [1.807, 2.05) is 48.3 Å². The van der Waals surface area contributed by atoms with Gasteiger partial charge in [-0.25, -0.2) is 0 Å². The highest BCUT2D eigenvalue weighted by Crippen LogP contribution is 2.27. The third kappa shape index (κ3) is 3.77. The van der Waals surface area contributed by atoms with Gasteiger partial charge < -0.3 is 14.5 Å². The second-order valence-electron chi connectivity index (χ2n) is 6.26. The Morgan fingerprint density at radius 3 is 2.88 bits per heavy atom. The van der Waals surface area contributed by atoms with Crippen molar-refractivity contribution in [3.8, 4) is 5.75 Å². The Morgan fingerprint density at radius 2 is 2.04 bits per heavy atom. The SMILES string of the molecule is COc1cccc(CN(C)CCC(=O)N2CCc3ccccc32)c1. The van der Waals surface area contributed by atoms with Crippen LogP contribution in [0.2, 0.25) is 0 Å². The molecular weight excluding hydrogens is 300 g/mol. The fourth-order valence-corrected chi connectivity index (χ4v) is 3.18. The first-order chi connectivity index (χ1) is 11.7. The summed E-state index contributed by atoms with van der Waals surface area (Å²) < 4.78 is 5.26. The van der Waals surface area contributed by atoms with E-state index in [2.05, 4.69) is 17.0 Å². The lowest BCUT2D eigenvalue weighted by Gasteiger charge is -2.21. The lowest BCUT2D eigenvalue weighted by molar-refractivity contribution is -0.118. The fraction of sp³-hybridized carbons (Fsp3) is 0.350. The van der Waals surface area contributed by atoms with E-state index >= 15 is 0 Å². The predicted octanol–water partition coefficient (Wildman–Crippen LogP) is 3.11. The number of amides is 1. The van der Waals surface area contributed by atoms with Crippen LogP contribution in [0.5, 0.6) is 5.75 Å². The van der Waals surface area contributed by atoms with Crippen molar-refractivity contribution >= 4 is 11.6 Å². The summed E-state index contributed by atoms with van der Waals surface area (Å²) in [6.07, 6.45) is 1.50. The topological polar surface area (TPSA) is 32.8 Å². The van der Waals surface area contributed by atoms with Crippen LogP contribution in [0, 0.1) is 0 Å². The first-order valence-corrected chi connectivity index (χ1v) is 8.37. The summed E-state index contributed by atoms with van der Waals surface area (Å²) in [7, 11) is 3.72. The molecule has 1 heterocycles. The molecule has 24 heavy (non-hydrogen) atoms. The van der Waals surface area contributed by atoms with E-state index in [0.29, 0.717) is 6.42 Å². The third-order valence-corrected chi connectivity index (χ3v) is 4.48. The number of ether oxygens (including phenoxy) is 1. The standard InChI is InChI=1S/C20H24N2O2/c1-21(15-16-6-5-8-18(14-16)24-2)12-11-20(23)22-13-10-17-7-3-4-9-19(17)22/h3-9,14H,10-13,15H2,1-2H3. The number of methoxy groups -OCH3 is 1. The normalized spacial score (nSPS) is 13.2. The van der Waals surface area contributed by atoms with E-state index in [4.69, 9.17) is 4.74 Å². The van der Waals surface area contributed by atoms with Crippen molar-refractivity contribution in [2.24, 2.45) is 0 Å². The number of hydrogen-bond donors (Lipinski definition) is 0. The maximum atomic E-state index is 12.5. The van der Waals surface area contributed by atoms with E-state index in [1.165, 1.54) is 11.1 Å². The van der Waals surface area contributed by atoms with Crippen molar-refractivity contribution in [1.82, 2.24) is 4.90 Å². The highest BCUT2D eigenvalue weighted by Gasteiger charge is 2.23. The molecule has 0 bridgehead atoms. The zero-order valence-corrected chi connectivity index (χ0v) is 14.4. The first kappa shape index (κ1) is 16.5. The summed E-state index contributed by atoms with van der Waals surface area (Å²) in [5, 5.41) is 0. The van der Waals surface area contributed by atoms with Crippen LogP contribution < -0.4 is 9.64 Å². The van der Waals surface area contributed by atoms with E-state index < -0.39 is 0 Å². The number of hydrogen-bond acceptors (Lipinski definition) is 3. The number of rotatable bonds is 6. The van der Waals surface area contributed by atoms with Gasteiger partial charge in [-0.3, -0.25) is 4.79 Å². The summed E-state index contributed by atoms with van der Waals surface area (Å²) in [6.45, 7) is 2.35. The second kappa shape index (κ2) is 7.49. The van der Waals surface area contributed by atoms with Gasteiger partial charge in [-0.1, -0.05) is 30.3 Å². The van der Waals surface area contributed by atoms with Gasteiger partial charge in [-0.2, -0.15) is 0 Å². The molecule has 2 aromatic carbocycles. The van der Waals surface area contributed by atoms with Gasteiger partial charge in [-0.05, 0) is 42.8 Å². The third-order valence-electron chi connectivity index (χ3n) is 4.48. The van der Waals surface area contributed by atoms with Crippen LogP contribution in [0.1, 0.15) is 17.5 Å². The number of anilines is 1. The minimum absolute atomic E-state index is 0.206. The maximum Gasteiger partial charge on any atom is 0.228 e. The molecule has 0 saturated carbocycles. The molecule has 0 N–H and O–H groups in total. The van der Waals surface area contributed by atoms with E-state index in [9.17, 15) is 4.79 Å². The molecule has 0 spiro atoms. The number of fused-ring (bicyclic) bond motifs is 1. The Morgan fingerprint density at radius 1 is 1.21 bits per heavy atom. The van der Waals surface area contributed by atoms with Crippen LogP contribution in [0.4, 0.5) is 5.69 Å². The van der Waals surface area contributed by atoms with Crippen molar-refractivity contribution in [3.63, 3.8) is 0 Å². The van der Waals surface area contributed by atoms with Crippen molar-refractivity contribution in [2.45, 2.75) is 19.4 Å². The van der Waals surface area contributed by atoms with Crippen LogP contribution >= 0.6 is 0 Å². The van der Waals surface area contributed by atoms with Gasteiger partial charge in [0, 0.05) is 31.7 Å². The van der Waals surface area contributed by atoms with E-state index in [1.54, 1.807) is 7.11 Å². The molecule has 2 aromatic rings. The van der Waals surface area contributed by atoms with E-state index in [-0.39, 0.29) is 5.91 Å². The van der Waals surface area contributed by atoms with Gasteiger partial charge in [0.05, 0.1) is 7.11 Å². The van der Waals surface area contributed by atoms with Gasteiger partial charge in [-0.15, -0.1) is 0 Å². The minimum Gasteiger partial charge on any atom is -0.497 e. The highest BCUT2D eigenvalue weighted by molar-refractivity contribution is 5.95. The molecule has 1 aliphatic rings. The molecule has 0 aliphatic carbocycles. The summed E-state index contributed by atoms with van der Waals surface area (Å²) in [5.41, 5.74) is 3.55. The van der Waals surface area contributed by atoms with Crippen LogP contribution in [-0.2, 0) is 17.8 Å². The quantitative estimate of drug-likeness (QED) is 0.818. The molecule has 1 aliphatic heterocycles. The average Bonchev–Trinajstić information content (AvgIpc) is 3.04. The zero-order chi connectivity index (χ0) is 16.9. The summed E-state index contributed by atoms with van der Waals surface area (Å²) in [6, 6.07) is 16.2. The number of carbonyl (C=O) groups excluding carboxylic acids is 1. The Bertz CT molecular complexity index is 714. The Labute approximate surface area is 143 Å². The predicted molar refractivity (Wildman–Crippen MR) is 96.4 cm³/mol. The lowest BCUT2D eigenvalue weighted by Crippen LogP contribution is -2.32. The van der Waals surface area contributed by atoms with Crippen molar-refractivity contribution in [2.75, 3.05) is 32.1 Å². The molecule has 4 heteroatoms. The molecule has 0 fully saturated rings. The van der Waals surface area contributed by atoms with Crippen molar-refractivity contribution in [1.29, 1.82) is 0 Å². The molecule has 126 valence electrons. The fourth-order valence-electron chi connectivity index (χ4n) is 3.18. The van der Waals surface area contributed by atoms with Crippen LogP contribution in [0.3, 0.4) is 0 Å². The number of nitrogens with zero attached hydrogens (tertiary/aromatic N) is 2. The number of benzene rings is 2. The Hall–Kier alpha value is -2.33. The summed E-state index contributed by atoms with van der Waals surface area (Å²) >= 11 is 0. The van der Waals surface area contributed by atoms with Crippen molar-refractivity contribution in [3.05, 3.63) is 59.7 Å². The monoisotopic (exact) mass is 324 g/mol. The Kier molecular flexibility index (Phi) is 5.16. The molecule has 4 nitrogen and oxygen atoms in total. The van der Waals surface area contributed by atoms with Gasteiger partial charge >= 0.3 is 0 Å². The number of para-hydroxylation sites is 1. The molecule has 0 unspecified atom stereocenters. The zero-order valence-electron chi connectivity index (χ0n) is 14.4. The lowest BCUT2D eigenvalue weighted by atomic mass is 10.2. The van der Waals surface area contributed by atoms with Crippen LogP contribution in [-0.4, -0.2) is 38.1 Å². The van der Waals surface area contributed by atoms with Crippen LogP contribution in [0.25, 0.3) is 0 Å². The van der Waals surface area contributed by atoms with Gasteiger partial charge in [0.25, 0.3) is 0 Å². The van der Waals surface area contributed by atoms with E-state index in [0.717, 1.165) is 37.5 Å². The minimum atomic E-state index is 0.206. The maximum absolute atomic E-state index is 12.5. The molecule has 0 saturated heterocycles. The number of carbonyl (C=O) groups is 1. The molecule has 0 radical (unpaired) electrons. The van der Waals surface area contributed by atoms with Crippen molar-refractivity contribution < 1.29 is 9.53 Å². The molecule has 0 atom stereocenters. The van der Waals surface area contributed by atoms with Gasteiger partial charge in [0.15, 0.2) is 0 Å². The second-order valence-corrected chi connectivity index (χ2v) is 6.26. The highest BCUT2D eigenvalue weighted by atomic mass is 16.5.